The average molecular weight is 289 g/mol. The van der Waals surface area contributed by atoms with E-state index in [9.17, 15) is 8.78 Å². The van der Waals surface area contributed by atoms with E-state index >= 15 is 0 Å². The Labute approximate surface area is 118 Å². The van der Waals surface area contributed by atoms with Gasteiger partial charge in [-0.2, -0.15) is 0 Å². The van der Waals surface area contributed by atoms with Crippen molar-refractivity contribution < 1.29 is 8.78 Å². The molecule has 0 atom stereocenters. The number of thiocarbonyl (C=S) groups is 1. The molecule has 1 aromatic heterocycles. The van der Waals surface area contributed by atoms with E-state index in [4.69, 9.17) is 18.0 Å². The number of benzene rings is 2. The average Bonchev–Trinajstić information content (AvgIpc) is 2.82. The number of hydrogen-bond acceptors (Lipinski definition) is 2. The first kappa shape index (κ1) is 12.7. The van der Waals surface area contributed by atoms with Crippen molar-refractivity contribution in [1.82, 2.24) is 9.55 Å². The molecular weight excluding hydrogens is 280 g/mol. The summed E-state index contributed by atoms with van der Waals surface area (Å²) in [6.07, 6.45) is 1.38. The van der Waals surface area contributed by atoms with Gasteiger partial charge in [-0.3, -0.25) is 4.57 Å². The fraction of sp³-hybridized carbons (Fsp3) is 0. The zero-order chi connectivity index (χ0) is 14.3. The summed E-state index contributed by atoms with van der Waals surface area (Å²) in [7, 11) is 0. The summed E-state index contributed by atoms with van der Waals surface area (Å²) in [5.74, 6) is -1.48. The zero-order valence-electron chi connectivity index (χ0n) is 10.2. The monoisotopic (exact) mass is 289 g/mol. The number of hydrogen-bond donors (Lipinski definition) is 1. The van der Waals surface area contributed by atoms with E-state index < -0.39 is 11.6 Å². The maximum absolute atomic E-state index is 14.2. The summed E-state index contributed by atoms with van der Waals surface area (Å²) in [6.45, 7) is 0. The van der Waals surface area contributed by atoms with Crippen molar-refractivity contribution in [3.8, 4) is 5.69 Å². The Bertz CT molecular complexity index is 803. The molecule has 0 fully saturated rings. The molecule has 0 amide bonds. The Morgan fingerprint density at radius 3 is 2.45 bits per heavy atom. The molecule has 20 heavy (non-hydrogen) atoms. The van der Waals surface area contributed by atoms with Crippen LogP contribution in [0, 0.1) is 11.6 Å². The highest BCUT2D eigenvalue weighted by molar-refractivity contribution is 7.80. The summed E-state index contributed by atoms with van der Waals surface area (Å²) in [4.78, 5) is 4.06. The maximum Gasteiger partial charge on any atom is 0.150 e. The third-order valence-corrected chi connectivity index (χ3v) is 3.23. The van der Waals surface area contributed by atoms with Gasteiger partial charge in [-0.1, -0.05) is 24.4 Å². The first-order valence-corrected chi connectivity index (χ1v) is 6.20. The molecule has 0 spiro atoms. The largest absolute Gasteiger partial charge is 0.389 e. The molecule has 0 unspecified atom stereocenters. The first-order chi connectivity index (χ1) is 9.58. The van der Waals surface area contributed by atoms with Crippen LogP contribution < -0.4 is 5.73 Å². The van der Waals surface area contributed by atoms with Crippen molar-refractivity contribution in [2.45, 2.75) is 0 Å². The summed E-state index contributed by atoms with van der Waals surface area (Å²) in [5.41, 5.74) is 6.63. The molecule has 0 aliphatic rings. The van der Waals surface area contributed by atoms with Gasteiger partial charge in [0.25, 0.3) is 0 Å². The quantitative estimate of drug-likeness (QED) is 0.738. The highest BCUT2D eigenvalue weighted by atomic mass is 32.1. The number of para-hydroxylation sites is 2. The van der Waals surface area contributed by atoms with Crippen LogP contribution >= 0.6 is 12.2 Å². The third kappa shape index (κ3) is 1.94. The number of nitrogens with zero attached hydrogens (tertiary/aromatic N) is 2. The Hall–Kier alpha value is -2.34. The van der Waals surface area contributed by atoms with Gasteiger partial charge >= 0.3 is 0 Å². The lowest BCUT2D eigenvalue weighted by Gasteiger charge is -2.09. The van der Waals surface area contributed by atoms with Gasteiger partial charge < -0.3 is 5.73 Å². The van der Waals surface area contributed by atoms with Crippen LogP contribution in [0.4, 0.5) is 8.78 Å². The number of fused-ring (bicyclic) bond motifs is 1. The van der Waals surface area contributed by atoms with Crippen molar-refractivity contribution >= 4 is 28.2 Å². The molecule has 2 aromatic carbocycles. The van der Waals surface area contributed by atoms with Crippen LogP contribution in [0.2, 0.25) is 0 Å². The van der Waals surface area contributed by atoms with Crippen molar-refractivity contribution in [1.29, 1.82) is 0 Å². The van der Waals surface area contributed by atoms with Crippen molar-refractivity contribution in [2.75, 3.05) is 0 Å². The van der Waals surface area contributed by atoms with E-state index in [1.165, 1.54) is 10.9 Å². The Morgan fingerprint density at radius 1 is 1.15 bits per heavy atom. The van der Waals surface area contributed by atoms with Crippen molar-refractivity contribution in [3.63, 3.8) is 0 Å². The van der Waals surface area contributed by atoms with Gasteiger partial charge in [0, 0.05) is 5.56 Å². The second kappa shape index (κ2) is 4.64. The van der Waals surface area contributed by atoms with Crippen LogP contribution in [0.25, 0.3) is 16.7 Å². The Morgan fingerprint density at radius 2 is 1.80 bits per heavy atom. The lowest BCUT2D eigenvalue weighted by atomic mass is 10.1. The van der Waals surface area contributed by atoms with Crippen LogP contribution in [-0.2, 0) is 0 Å². The van der Waals surface area contributed by atoms with Gasteiger partial charge in [0.15, 0.2) is 11.6 Å². The molecule has 3 aromatic rings. The van der Waals surface area contributed by atoms with Crippen LogP contribution in [0.5, 0.6) is 0 Å². The fourth-order valence-corrected chi connectivity index (χ4v) is 2.19. The lowest BCUT2D eigenvalue weighted by Crippen LogP contribution is -2.12. The normalized spacial score (nSPS) is 10.9. The minimum atomic E-state index is -0.740. The third-order valence-electron chi connectivity index (χ3n) is 3.00. The molecule has 3 nitrogen and oxygen atoms in total. The van der Waals surface area contributed by atoms with Gasteiger partial charge in [0.1, 0.15) is 17.0 Å². The highest BCUT2D eigenvalue weighted by Gasteiger charge is 2.16. The number of halogens is 2. The number of imidazole rings is 1. The highest BCUT2D eigenvalue weighted by Crippen LogP contribution is 2.24. The molecule has 0 aliphatic heterocycles. The second-order valence-electron chi connectivity index (χ2n) is 4.26. The van der Waals surface area contributed by atoms with Gasteiger partial charge in [-0.15, -0.1) is 0 Å². The molecule has 1 heterocycles. The molecule has 6 heteroatoms. The van der Waals surface area contributed by atoms with Crippen molar-refractivity contribution in [3.05, 3.63) is 59.9 Å². The van der Waals surface area contributed by atoms with E-state index in [-0.39, 0.29) is 16.2 Å². The predicted molar refractivity (Wildman–Crippen MR) is 76.9 cm³/mol. The molecule has 100 valence electrons. The van der Waals surface area contributed by atoms with Gasteiger partial charge in [-0.05, 0) is 24.3 Å². The summed E-state index contributed by atoms with van der Waals surface area (Å²) >= 11 is 4.73. The van der Waals surface area contributed by atoms with E-state index in [2.05, 4.69) is 4.98 Å². The molecule has 3 rings (SSSR count). The molecular formula is C14H9F2N3S. The molecule has 0 saturated carbocycles. The van der Waals surface area contributed by atoms with E-state index in [1.54, 1.807) is 18.2 Å². The number of aromatic nitrogens is 2. The molecule has 0 saturated heterocycles. The van der Waals surface area contributed by atoms with Crippen LogP contribution in [0.3, 0.4) is 0 Å². The minimum absolute atomic E-state index is 0.0511. The lowest BCUT2D eigenvalue weighted by molar-refractivity contribution is 0.570. The molecule has 0 aliphatic carbocycles. The first-order valence-electron chi connectivity index (χ1n) is 5.79. The zero-order valence-corrected chi connectivity index (χ0v) is 11.0. The van der Waals surface area contributed by atoms with Crippen LogP contribution in [0.15, 0.2) is 42.7 Å². The van der Waals surface area contributed by atoms with E-state index in [0.29, 0.717) is 11.0 Å². The topological polar surface area (TPSA) is 43.8 Å². The maximum atomic E-state index is 14.2. The second-order valence-corrected chi connectivity index (χ2v) is 4.70. The summed E-state index contributed by atoms with van der Waals surface area (Å²) < 4.78 is 29.7. The number of nitrogens with two attached hydrogens (primary N) is 1. The van der Waals surface area contributed by atoms with Gasteiger partial charge in [0.05, 0.1) is 11.0 Å². The van der Waals surface area contributed by atoms with Crippen molar-refractivity contribution in [2.24, 2.45) is 5.73 Å². The smallest absolute Gasteiger partial charge is 0.150 e. The Kier molecular flexibility index (Phi) is 2.94. The Balaban J connectivity index is 2.27. The predicted octanol–water partition coefficient (Wildman–Crippen LogP) is 2.94. The number of rotatable bonds is 2. The van der Waals surface area contributed by atoms with Crippen LogP contribution in [-0.4, -0.2) is 14.5 Å². The van der Waals surface area contributed by atoms with E-state index in [1.807, 2.05) is 6.07 Å². The molecule has 2 N–H and O–H groups in total. The van der Waals surface area contributed by atoms with E-state index in [0.717, 1.165) is 12.1 Å². The molecule has 0 bridgehead atoms. The standard InChI is InChI=1S/C14H9F2N3S/c15-9-5-8(14(17)20)6-10(16)13(9)19-7-18-11-3-1-2-4-12(11)19/h1-7H,(H2,17,20). The van der Waals surface area contributed by atoms with Crippen LogP contribution in [0.1, 0.15) is 5.56 Å². The minimum Gasteiger partial charge on any atom is -0.389 e. The fourth-order valence-electron chi connectivity index (χ4n) is 2.08. The van der Waals surface area contributed by atoms with Gasteiger partial charge in [-0.25, -0.2) is 13.8 Å². The van der Waals surface area contributed by atoms with Gasteiger partial charge in [0.2, 0.25) is 0 Å². The SMILES string of the molecule is NC(=S)c1cc(F)c(-n2cnc3ccccc32)c(F)c1. The summed E-state index contributed by atoms with van der Waals surface area (Å²) in [5, 5.41) is 0. The molecule has 0 radical (unpaired) electrons. The summed E-state index contributed by atoms with van der Waals surface area (Å²) in [6, 6.07) is 9.33.